The lowest BCUT2D eigenvalue weighted by Gasteiger charge is -2.07. The van der Waals surface area contributed by atoms with E-state index in [1.807, 2.05) is 43.3 Å². The van der Waals surface area contributed by atoms with Gasteiger partial charge in [0, 0.05) is 16.4 Å². The maximum atomic E-state index is 12.2. The summed E-state index contributed by atoms with van der Waals surface area (Å²) in [6.07, 6.45) is 0. The molecule has 0 radical (unpaired) electrons. The Bertz CT molecular complexity index is 1290. The normalized spacial score (nSPS) is 10.7. The SMILES string of the molecule is Cc1cccc(NC(=O)CSc2nc3ccc(NC(=O)COc4ccc(Cl)cc4)cc3s2)c1. The van der Waals surface area contributed by atoms with Gasteiger partial charge in [0.05, 0.1) is 16.0 Å². The van der Waals surface area contributed by atoms with Gasteiger partial charge in [-0.3, -0.25) is 9.59 Å². The van der Waals surface area contributed by atoms with Crippen molar-refractivity contribution in [2.75, 3.05) is 23.0 Å². The number of carbonyl (C=O) groups excluding carboxylic acids is 2. The average molecular weight is 498 g/mol. The fourth-order valence-electron chi connectivity index (χ4n) is 2.97. The lowest BCUT2D eigenvalue weighted by molar-refractivity contribution is -0.118. The van der Waals surface area contributed by atoms with Crippen LogP contribution in [0.5, 0.6) is 5.75 Å². The number of aryl methyl sites for hydroxylation is 1. The molecule has 33 heavy (non-hydrogen) atoms. The molecule has 3 aromatic carbocycles. The zero-order valence-electron chi connectivity index (χ0n) is 17.6. The Kier molecular flexibility index (Phi) is 7.49. The third-order valence-electron chi connectivity index (χ3n) is 4.46. The standard InChI is InChI=1S/C24H20ClN3O3S2/c1-15-3-2-4-17(11-15)27-23(30)14-32-24-28-20-10-7-18(12-21(20)33-24)26-22(29)13-31-19-8-5-16(25)6-9-19/h2-12H,13-14H2,1H3,(H,26,29)(H,27,30). The van der Waals surface area contributed by atoms with E-state index in [4.69, 9.17) is 16.3 Å². The number of hydrogen-bond acceptors (Lipinski definition) is 6. The average Bonchev–Trinajstić information content (AvgIpc) is 3.20. The van der Waals surface area contributed by atoms with E-state index in [0.29, 0.717) is 16.5 Å². The van der Waals surface area contributed by atoms with Crippen LogP contribution in [0.4, 0.5) is 11.4 Å². The summed E-state index contributed by atoms with van der Waals surface area (Å²) in [7, 11) is 0. The number of anilines is 2. The fraction of sp³-hybridized carbons (Fsp3) is 0.125. The monoisotopic (exact) mass is 497 g/mol. The van der Waals surface area contributed by atoms with E-state index >= 15 is 0 Å². The molecule has 0 aliphatic carbocycles. The molecule has 0 spiro atoms. The summed E-state index contributed by atoms with van der Waals surface area (Å²) in [6.45, 7) is 1.87. The van der Waals surface area contributed by atoms with Crippen LogP contribution in [-0.2, 0) is 9.59 Å². The summed E-state index contributed by atoms with van der Waals surface area (Å²) in [6, 6.07) is 20.0. The van der Waals surface area contributed by atoms with Crippen molar-refractivity contribution in [3.63, 3.8) is 0 Å². The van der Waals surface area contributed by atoms with Crippen molar-refractivity contribution in [2.24, 2.45) is 0 Å². The molecule has 1 aromatic heterocycles. The molecule has 9 heteroatoms. The summed E-state index contributed by atoms with van der Waals surface area (Å²) >= 11 is 8.70. The molecule has 1 heterocycles. The van der Waals surface area contributed by atoms with Gasteiger partial charge in [-0.1, -0.05) is 35.5 Å². The minimum absolute atomic E-state index is 0.0847. The quantitative estimate of drug-likeness (QED) is 0.291. The van der Waals surface area contributed by atoms with E-state index in [9.17, 15) is 9.59 Å². The predicted octanol–water partition coefficient (Wildman–Crippen LogP) is 6.01. The number of amides is 2. The number of thiazole rings is 1. The molecular formula is C24H20ClN3O3S2. The Morgan fingerprint density at radius 2 is 1.76 bits per heavy atom. The molecule has 0 saturated heterocycles. The molecule has 0 aliphatic rings. The van der Waals surface area contributed by atoms with Crippen LogP contribution in [-0.4, -0.2) is 29.2 Å². The van der Waals surface area contributed by atoms with Gasteiger partial charge in [-0.05, 0) is 67.1 Å². The first-order chi connectivity index (χ1) is 15.9. The van der Waals surface area contributed by atoms with E-state index in [1.54, 1.807) is 30.3 Å². The minimum atomic E-state index is -0.267. The van der Waals surface area contributed by atoms with Gasteiger partial charge in [0.2, 0.25) is 5.91 Å². The Morgan fingerprint density at radius 1 is 1.00 bits per heavy atom. The largest absolute Gasteiger partial charge is 0.484 e. The van der Waals surface area contributed by atoms with Crippen LogP contribution in [0.15, 0.2) is 71.1 Å². The smallest absolute Gasteiger partial charge is 0.262 e. The molecule has 0 atom stereocenters. The van der Waals surface area contributed by atoms with Crippen LogP contribution in [0, 0.1) is 6.92 Å². The highest BCUT2D eigenvalue weighted by molar-refractivity contribution is 8.01. The number of thioether (sulfide) groups is 1. The number of nitrogens with one attached hydrogen (secondary N) is 2. The zero-order chi connectivity index (χ0) is 23.2. The topological polar surface area (TPSA) is 80.3 Å². The van der Waals surface area contributed by atoms with Crippen LogP contribution in [0.2, 0.25) is 5.02 Å². The van der Waals surface area contributed by atoms with E-state index in [0.717, 1.165) is 25.8 Å². The zero-order valence-corrected chi connectivity index (χ0v) is 20.0. The van der Waals surface area contributed by atoms with E-state index in [2.05, 4.69) is 15.6 Å². The van der Waals surface area contributed by atoms with Crippen molar-refractivity contribution >= 4 is 68.1 Å². The summed E-state index contributed by atoms with van der Waals surface area (Å²) in [5.41, 5.74) is 3.35. The lowest BCUT2D eigenvalue weighted by Crippen LogP contribution is -2.20. The minimum Gasteiger partial charge on any atom is -0.484 e. The Hall–Kier alpha value is -3.07. The first kappa shape index (κ1) is 23.1. The van der Waals surface area contributed by atoms with Crippen molar-refractivity contribution in [3.05, 3.63) is 77.3 Å². The van der Waals surface area contributed by atoms with Crippen molar-refractivity contribution in [1.29, 1.82) is 0 Å². The maximum absolute atomic E-state index is 12.2. The predicted molar refractivity (Wildman–Crippen MR) is 136 cm³/mol. The van der Waals surface area contributed by atoms with Gasteiger partial charge < -0.3 is 15.4 Å². The number of rotatable bonds is 8. The molecule has 0 bridgehead atoms. The summed E-state index contributed by atoms with van der Waals surface area (Å²) in [5.74, 6) is 0.481. The maximum Gasteiger partial charge on any atom is 0.262 e. The highest BCUT2D eigenvalue weighted by Gasteiger charge is 2.10. The van der Waals surface area contributed by atoms with Crippen molar-refractivity contribution in [2.45, 2.75) is 11.3 Å². The van der Waals surface area contributed by atoms with Gasteiger partial charge in [-0.15, -0.1) is 11.3 Å². The first-order valence-corrected chi connectivity index (χ1v) is 12.2. The summed E-state index contributed by atoms with van der Waals surface area (Å²) in [5, 5.41) is 6.33. The number of fused-ring (bicyclic) bond motifs is 1. The Balaban J connectivity index is 1.30. The second kappa shape index (κ2) is 10.7. The van der Waals surface area contributed by atoms with E-state index < -0.39 is 0 Å². The van der Waals surface area contributed by atoms with Crippen molar-refractivity contribution < 1.29 is 14.3 Å². The third-order valence-corrected chi connectivity index (χ3v) is 6.88. The summed E-state index contributed by atoms with van der Waals surface area (Å²) < 4.78 is 7.18. The van der Waals surface area contributed by atoms with Gasteiger partial charge in [0.25, 0.3) is 5.91 Å². The number of carbonyl (C=O) groups is 2. The highest BCUT2D eigenvalue weighted by Crippen LogP contribution is 2.31. The van der Waals surface area contributed by atoms with E-state index in [1.165, 1.54) is 23.1 Å². The van der Waals surface area contributed by atoms with Crippen LogP contribution in [0.1, 0.15) is 5.56 Å². The number of aromatic nitrogens is 1. The second-order valence-corrected chi connectivity index (χ2v) is 9.85. The molecule has 4 aromatic rings. The summed E-state index contributed by atoms with van der Waals surface area (Å²) in [4.78, 5) is 29.0. The van der Waals surface area contributed by atoms with Crippen molar-refractivity contribution in [1.82, 2.24) is 4.98 Å². The molecule has 0 saturated carbocycles. The van der Waals surface area contributed by atoms with Gasteiger partial charge in [-0.2, -0.15) is 0 Å². The van der Waals surface area contributed by atoms with Crippen LogP contribution in [0.3, 0.4) is 0 Å². The molecule has 2 N–H and O–H groups in total. The third kappa shape index (κ3) is 6.71. The molecule has 0 unspecified atom stereocenters. The lowest BCUT2D eigenvalue weighted by atomic mass is 10.2. The van der Waals surface area contributed by atoms with Gasteiger partial charge >= 0.3 is 0 Å². The molecular weight excluding hydrogens is 478 g/mol. The Morgan fingerprint density at radius 3 is 2.55 bits per heavy atom. The van der Waals surface area contributed by atoms with E-state index in [-0.39, 0.29) is 24.2 Å². The van der Waals surface area contributed by atoms with Crippen molar-refractivity contribution in [3.8, 4) is 5.75 Å². The molecule has 0 aliphatic heterocycles. The number of benzene rings is 3. The molecule has 168 valence electrons. The van der Waals surface area contributed by atoms with Crippen LogP contribution >= 0.6 is 34.7 Å². The number of hydrogen-bond donors (Lipinski definition) is 2. The van der Waals surface area contributed by atoms with Crippen LogP contribution in [0.25, 0.3) is 10.2 Å². The second-order valence-electron chi connectivity index (χ2n) is 7.16. The molecule has 0 fully saturated rings. The highest BCUT2D eigenvalue weighted by atomic mass is 35.5. The van der Waals surface area contributed by atoms with Crippen LogP contribution < -0.4 is 15.4 Å². The van der Waals surface area contributed by atoms with Gasteiger partial charge in [0.15, 0.2) is 10.9 Å². The number of halogens is 1. The Labute approximate surface area is 204 Å². The first-order valence-electron chi connectivity index (χ1n) is 10.0. The molecule has 2 amide bonds. The van der Waals surface area contributed by atoms with Gasteiger partial charge in [0.1, 0.15) is 5.75 Å². The fourth-order valence-corrected chi connectivity index (χ4v) is 5.00. The number of ether oxygens (including phenoxy) is 1. The van der Waals surface area contributed by atoms with Gasteiger partial charge in [-0.25, -0.2) is 4.98 Å². The molecule has 6 nitrogen and oxygen atoms in total. The number of nitrogens with zero attached hydrogens (tertiary/aromatic N) is 1. The molecule has 4 rings (SSSR count).